The maximum atomic E-state index is 9.67. The van der Waals surface area contributed by atoms with Crippen molar-refractivity contribution < 1.29 is 14.9 Å². The first-order valence-corrected chi connectivity index (χ1v) is 6.03. The van der Waals surface area contributed by atoms with Crippen LogP contribution in [0.15, 0.2) is 18.2 Å². The average Bonchev–Trinajstić information content (AvgIpc) is 2.21. The minimum atomic E-state index is -0.805. The van der Waals surface area contributed by atoms with E-state index in [2.05, 4.69) is 0 Å². The van der Waals surface area contributed by atoms with Gasteiger partial charge in [-0.25, -0.2) is 0 Å². The summed E-state index contributed by atoms with van der Waals surface area (Å²) in [7, 11) is 0. The van der Waals surface area contributed by atoms with Crippen molar-refractivity contribution in [3.05, 3.63) is 18.2 Å². The molecule has 1 rings (SSSR count). The molecule has 0 bridgehead atoms. The molecule has 4 N–H and O–H groups in total. The van der Waals surface area contributed by atoms with Gasteiger partial charge in [0.25, 0.3) is 0 Å². The van der Waals surface area contributed by atoms with E-state index >= 15 is 0 Å². The predicted molar refractivity (Wildman–Crippen MR) is 72.5 cm³/mol. The van der Waals surface area contributed by atoms with Crippen molar-refractivity contribution in [2.24, 2.45) is 0 Å². The van der Waals surface area contributed by atoms with Gasteiger partial charge in [-0.15, -0.1) is 0 Å². The number of nitrogens with two attached hydrogens (primary N) is 1. The fourth-order valence-corrected chi connectivity index (χ4v) is 1.78. The molecule has 18 heavy (non-hydrogen) atoms. The van der Waals surface area contributed by atoms with E-state index in [4.69, 9.17) is 10.5 Å². The van der Waals surface area contributed by atoms with Crippen molar-refractivity contribution in [2.75, 3.05) is 10.6 Å². The van der Waals surface area contributed by atoms with Gasteiger partial charge in [-0.05, 0) is 39.8 Å². The number of hydrogen-bond acceptors (Lipinski definition) is 5. The Kier molecular flexibility index (Phi) is 4.81. The van der Waals surface area contributed by atoms with Crippen LogP contribution in [0.3, 0.4) is 0 Å². The standard InChI is InChI=1S/C13H22N2O3/c1-8(2)18-13-7-11(5-6-12(13)14)15(9(3)16)10(4)17/h5-10,16-17H,14H2,1-4H3. The Hall–Kier alpha value is -1.46. The molecule has 0 aliphatic rings. The average molecular weight is 254 g/mol. The molecule has 1 aromatic carbocycles. The zero-order chi connectivity index (χ0) is 13.9. The van der Waals surface area contributed by atoms with Crippen LogP contribution in [0.1, 0.15) is 27.7 Å². The van der Waals surface area contributed by atoms with Crippen LogP contribution in [-0.2, 0) is 0 Å². The van der Waals surface area contributed by atoms with Crippen LogP contribution in [-0.4, -0.2) is 28.8 Å². The Morgan fingerprint density at radius 2 is 1.67 bits per heavy atom. The first kappa shape index (κ1) is 14.6. The predicted octanol–water partition coefficient (Wildman–Crippen LogP) is 1.54. The van der Waals surface area contributed by atoms with Crippen molar-refractivity contribution in [3.63, 3.8) is 0 Å². The lowest BCUT2D eigenvalue weighted by atomic mass is 10.2. The zero-order valence-corrected chi connectivity index (χ0v) is 11.3. The maximum absolute atomic E-state index is 9.67. The molecular weight excluding hydrogens is 232 g/mol. The molecule has 2 atom stereocenters. The van der Waals surface area contributed by atoms with Crippen molar-refractivity contribution in [1.82, 2.24) is 0 Å². The van der Waals surface area contributed by atoms with Crippen molar-refractivity contribution in [1.29, 1.82) is 0 Å². The van der Waals surface area contributed by atoms with Gasteiger partial charge in [-0.1, -0.05) is 0 Å². The summed E-state index contributed by atoms with van der Waals surface area (Å²) in [6.45, 7) is 7.00. The van der Waals surface area contributed by atoms with Crippen LogP contribution >= 0.6 is 0 Å². The lowest BCUT2D eigenvalue weighted by molar-refractivity contribution is 0.105. The smallest absolute Gasteiger partial charge is 0.144 e. The highest BCUT2D eigenvalue weighted by Crippen LogP contribution is 2.30. The van der Waals surface area contributed by atoms with Crippen LogP contribution < -0.4 is 15.4 Å². The lowest BCUT2D eigenvalue weighted by Gasteiger charge is -2.31. The highest BCUT2D eigenvalue weighted by molar-refractivity contribution is 5.62. The van der Waals surface area contributed by atoms with Gasteiger partial charge >= 0.3 is 0 Å². The summed E-state index contributed by atoms with van der Waals surface area (Å²) in [6, 6.07) is 5.15. The molecule has 0 saturated carbocycles. The molecule has 2 unspecified atom stereocenters. The third-order valence-corrected chi connectivity index (χ3v) is 2.46. The molecule has 1 aromatic rings. The van der Waals surface area contributed by atoms with E-state index in [1.54, 1.807) is 32.0 Å². The number of ether oxygens (including phenoxy) is 1. The summed E-state index contributed by atoms with van der Waals surface area (Å²) < 4.78 is 5.58. The van der Waals surface area contributed by atoms with E-state index in [1.807, 2.05) is 13.8 Å². The fraction of sp³-hybridized carbons (Fsp3) is 0.538. The van der Waals surface area contributed by atoms with E-state index in [-0.39, 0.29) is 6.10 Å². The topological polar surface area (TPSA) is 79.0 Å². The van der Waals surface area contributed by atoms with Crippen LogP contribution in [0.25, 0.3) is 0 Å². The summed E-state index contributed by atoms with van der Waals surface area (Å²) in [5.41, 5.74) is 7.01. The molecule has 0 radical (unpaired) electrons. The molecule has 0 aliphatic heterocycles. The number of nitrogens with zero attached hydrogens (tertiary/aromatic N) is 1. The van der Waals surface area contributed by atoms with Crippen LogP contribution in [0.2, 0.25) is 0 Å². The number of aliphatic hydroxyl groups excluding tert-OH is 2. The molecule has 5 nitrogen and oxygen atoms in total. The summed E-state index contributed by atoms with van der Waals surface area (Å²) in [6.07, 6.45) is -1.60. The molecule has 0 saturated heterocycles. The van der Waals surface area contributed by atoms with Gasteiger partial charge in [0, 0.05) is 11.8 Å². The molecular formula is C13H22N2O3. The molecule has 0 aliphatic carbocycles. The Morgan fingerprint density at radius 1 is 1.11 bits per heavy atom. The Bertz CT molecular complexity index is 384. The SMILES string of the molecule is CC(C)Oc1cc(N(C(C)O)C(C)O)ccc1N. The third-order valence-electron chi connectivity index (χ3n) is 2.46. The van der Waals surface area contributed by atoms with Crippen LogP contribution in [0.4, 0.5) is 11.4 Å². The summed E-state index contributed by atoms with van der Waals surface area (Å²) >= 11 is 0. The van der Waals surface area contributed by atoms with Gasteiger partial charge in [-0.3, -0.25) is 0 Å². The van der Waals surface area contributed by atoms with Crippen molar-refractivity contribution >= 4 is 11.4 Å². The molecule has 5 heteroatoms. The molecule has 0 amide bonds. The van der Waals surface area contributed by atoms with Gasteiger partial charge in [0.15, 0.2) is 0 Å². The minimum Gasteiger partial charge on any atom is -0.489 e. The largest absolute Gasteiger partial charge is 0.489 e. The maximum Gasteiger partial charge on any atom is 0.144 e. The summed E-state index contributed by atoms with van der Waals surface area (Å²) in [4.78, 5) is 1.46. The number of anilines is 2. The van der Waals surface area contributed by atoms with E-state index in [1.165, 1.54) is 4.90 Å². The van der Waals surface area contributed by atoms with Crippen molar-refractivity contribution in [2.45, 2.75) is 46.3 Å². The van der Waals surface area contributed by atoms with Crippen molar-refractivity contribution in [3.8, 4) is 5.75 Å². The van der Waals surface area contributed by atoms with Gasteiger partial charge in [0.2, 0.25) is 0 Å². The first-order chi connectivity index (χ1) is 8.32. The van der Waals surface area contributed by atoms with Gasteiger partial charge in [-0.2, -0.15) is 0 Å². The Balaban J connectivity index is 3.09. The molecule has 0 fully saturated rings. The van der Waals surface area contributed by atoms with E-state index < -0.39 is 12.5 Å². The van der Waals surface area contributed by atoms with Gasteiger partial charge in [0.1, 0.15) is 18.2 Å². The number of benzene rings is 1. The molecule has 102 valence electrons. The van der Waals surface area contributed by atoms with E-state index in [0.717, 1.165) is 0 Å². The number of rotatable bonds is 5. The summed E-state index contributed by atoms with van der Waals surface area (Å²) in [5.74, 6) is 0.550. The Labute approximate surface area is 108 Å². The third kappa shape index (κ3) is 3.51. The zero-order valence-electron chi connectivity index (χ0n) is 11.3. The summed E-state index contributed by atoms with van der Waals surface area (Å²) in [5, 5.41) is 19.3. The highest BCUT2D eigenvalue weighted by atomic mass is 16.5. The van der Waals surface area contributed by atoms with Crippen LogP contribution in [0.5, 0.6) is 5.75 Å². The second kappa shape index (κ2) is 5.93. The van der Waals surface area contributed by atoms with Gasteiger partial charge < -0.3 is 25.6 Å². The number of aliphatic hydroxyl groups is 2. The normalized spacial score (nSPS) is 14.4. The van der Waals surface area contributed by atoms with Gasteiger partial charge in [0.05, 0.1) is 11.8 Å². The monoisotopic (exact) mass is 254 g/mol. The lowest BCUT2D eigenvalue weighted by Crippen LogP contribution is -2.40. The Morgan fingerprint density at radius 3 is 2.11 bits per heavy atom. The van der Waals surface area contributed by atoms with Crippen LogP contribution in [0, 0.1) is 0 Å². The van der Waals surface area contributed by atoms with E-state index in [0.29, 0.717) is 17.1 Å². The molecule has 0 heterocycles. The quantitative estimate of drug-likeness (QED) is 0.548. The molecule has 0 aromatic heterocycles. The minimum absolute atomic E-state index is 0.00843. The molecule has 0 spiro atoms. The highest BCUT2D eigenvalue weighted by Gasteiger charge is 2.18. The second-order valence-electron chi connectivity index (χ2n) is 4.56. The number of hydrogen-bond donors (Lipinski definition) is 3. The fourth-order valence-electron chi connectivity index (χ4n) is 1.78. The van der Waals surface area contributed by atoms with E-state index in [9.17, 15) is 10.2 Å². The second-order valence-corrected chi connectivity index (χ2v) is 4.56. The first-order valence-electron chi connectivity index (χ1n) is 6.03. The number of nitrogen functional groups attached to an aromatic ring is 1.